The Kier molecular flexibility index (Phi) is 5.01. The van der Waals surface area contributed by atoms with Crippen LogP contribution in [0.1, 0.15) is 73.6 Å². The molecule has 2 fully saturated rings. The van der Waals surface area contributed by atoms with E-state index in [2.05, 4.69) is 41.5 Å². The Morgan fingerprint density at radius 3 is 1.26 bits per heavy atom. The van der Waals surface area contributed by atoms with E-state index in [9.17, 15) is 0 Å². The molecule has 0 amide bonds. The maximum absolute atomic E-state index is 2.53. The lowest BCUT2D eigenvalue weighted by atomic mass is 9.61. The summed E-state index contributed by atoms with van der Waals surface area (Å²) in [6.45, 7) is 15.0. The fraction of sp³-hybridized carbons (Fsp3) is 1.00. The van der Waals surface area contributed by atoms with Crippen molar-refractivity contribution in [1.29, 1.82) is 0 Å². The van der Waals surface area contributed by atoms with Gasteiger partial charge in [0.1, 0.15) is 0 Å². The van der Waals surface area contributed by atoms with Gasteiger partial charge in [-0.2, -0.15) is 0 Å². The van der Waals surface area contributed by atoms with E-state index in [0.29, 0.717) is 0 Å². The molecule has 0 aromatic carbocycles. The van der Waals surface area contributed by atoms with Crippen LogP contribution >= 0.6 is 0 Å². The molecule has 8 unspecified atom stereocenters. The molecule has 0 heterocycles. The van der Waals surface area contributed by atoms with Crippen LogP contribution in [-0.2, 0) is 0 Å². The fourth-order valence-corrected chi connectivity index (χ4v) is 4.95. The first-order chi connectivity index (χ1) is 8.91. The van der Waals surface area contributed by atoms with Gasteiger partial charge < -0.3 is 0 Å². The highest BCUT2D eigenvalue weighted by molar-refractivity contribution is 4.87. The molecule has 0 spiro atoms. The van der Waals surface area contributed by atoms with Gasteiger partial charge in [-0.15, -0.1) is 0 Å². The predicted octanol–water partition coefficient (Wildman–Crippen LogP) is 6.01. The standard InChI is InChI=1S/C19H36/c1-12-7-9-18(16(5)14(12)3)11-19-10-8-13(2)15(4)17(19)6/h12-19H,7-11H2,1-6H3. The summed E-state index contributed by atoms with van der Waals surface area (Å²) in [7, 11) is 0. The summed E-state index contributed by atoms with van der Waals surface area (Å²) in [6.07, 6.45) is 7.47. The van der Waals surface area contributed by atoms with Gasteiger partial charge in [-0.25, -0.2) is 0 Å². The first-order valence-electron chi connectivity index (χ1n) is 8.91. The van der Waals surface area contributed by atoms with Crippen LogP contribution in [0, 0.1) is 47.3 Å². The Balaban J connectivity index is 1.94. The van der Waals surface area contributed by atoms with Gasteiger partial charge in [0.15, 0.2) is 0 Å². The van der Waals surface area contributed by atoms with Gasteiger partial charge in [0.25, 0.3) is 0 Å². The lowest BCUT2D eigenvalue weighted by molar-refractivity contribution is 0.0585. The molecule has 8 atom stereocenters. The average Bonchev–Trinajstić information content (AvgIpc) is 2.39. The van der Waals surface area contributed by atoms with E-state index in [1.165, 1.54) is 32.1 Å². The highest BCUT2D eigenvalue weighted by atomic mass is 14.4. The Morgan fingerprint density at radius 2 is 0.895 bits per heavy atom. The summed E-state index contributed by atoms with van der Waals surface area (Å²) in [5.74, 6) is 7.71. The third-order valence-electron chi connectivity index (χ3n) is 7.53. The average molecular weight is 264 g/mol. The van der Waals surface area contributed by atoms with Crippen molar-refractivity contribution in [3.8, 4) is 0 Å². The van der Waals surface area contributed by atoms with E-state index in [1.54, 1.807) is 0 Å². The van der Waals surface area contributed by atoms with Crippen molar-refractivity contribution in [1.82, 2.24) is 0 Å². The van der Waals surface area contributed by atoms with Crippen LogP contribution in [0.3, 0.4) is 0 Å². The first-order valence-corrected chi connectivity index (χ1v) is 8.91. The molecule has 0 N–H and O–H groups in total. The Hall–Kier alpha value is 0. The van der Waals surface area contributed by atoms with Crippen molar-refractivity contribution in [2.75, 3.05) is 0 Å². The predicted molar refractivity (Wildman–Crippen MR) is 85.0 cm³/mol. The third kappa shape index (κ3) is 3.19. The molecule has 2 aliphatic carbocycles. The molecule has 0 aromatic rings. The molecule has 0 aromatic heterocycles. The van der Waals surface area contributed by atoms with Crippen molar-refractivity contribution in [3.63, 3.8) is 0 Å². The fourth-order valence-electron chi connectivity index (χ4n) is 4.95. The smallest absolute Gasteiger partial charge is 0.0383 e. The van der Waals surface area contributed by atoms with Gasteiger partial charge in [0.2, 0.25) is 0 Å². The number of rotatable bonds is 2. The van der Waals surface area contributed by atoms with Gasteiger partial charge in [-0.1, -0.05) is 54.4 Å². The van der Waals surface area contributed by atoms with Crippen LogP contribution in [-0.4, -0.2) is 0 Å². The quantitative estimate of drug-likeness (QED) is 0.572. The minimum atomic E-state index is 0.939. The van der Waals surface area contributed by atoms with E-state index in [-0.39, 0.29) is 0 Å². The molecule has 112 valence electrons. The molecule has 2 aliphatic rings. The molecule has 0 saturated heterocycles. The molecule has 0 radical (unpaired) electrons. The van der Waals surface area contributed by atoms with E-state index >= 15 is 0 Å². The van der Waals surface area contributed by atoms with Crippen molar-refractivity contribution >= 4 is 0 Å². The van der Waals surface area contributed by atoms with E-state index in [0.717, 1.165) is 47.3 Å². The summed E-state index contributed by atoms with van der Waals surface area (Å²) in [5.41, 5.74) is 0. The minimum Gasteiger partial charge on any atom is -0.0622 e. The zero-order chi connectivity index (χ0) is 14.2. The van der Waals surface area contributed by atoms with E-state index in [1.807, 2.05) is 0 Å². The monoisotopic (exact) mass is 264 g/mol. The molecular formula is C19H36. The van der Waals surface area contributed by atoms with Crippen LogP contribution in [0.5, 0.6) is 0 Å². The minimum absolute atomic E-state index is 0.939. The van der Waals surface area contributed by atoms with Crippen molar-refractivity contribution in [3.05, 3.63) is 0 Å². The Labute approximate surface area is 121 Å². The van der Waals surface area contributed by atoms with Crippen molar-refractivity contribution in [2.45, 2.75) is 73.6 Å². The van der Waals surface area contributed by atoms with Crippen LogP contribution in [0.4, 0.5) is 0 Å². The normalized spacial score (nSPS) is 52.1. The van der Waals surface area contributed by atoms with Gasteiger partial charge in [-0.3, -0.25) is 0 Å². The van der Waals surface area contributed by atoms with E-state index in [4.69, 9.17) is 0 Å². The molecule has 2 rings (SSSR count). The zero-order valence-electron chi connectivity index (χ0n) is 14.2. The van der Waals surface area contributed by atoms with Gasteiger partial charge in [0, 0.05) is 0 Å². The first kappa shape index (κ1) is 15.4. The molecular weight excluding hydrogens is 228 g/mol. The van der Waals surface area contributed by atoms with Crippen LogP contribution in [0.25, 0.3) is 0 Å². The summed E-state index contributed by atoms with van der Waals surface area (Å²) in [5, 5.41) is 0. The Morgan fingerprint density at radius 1 is 0.526 bits per heavy atom. The second-order valence-electron chi connectivity index (χ2n) is 8.30. The second kappa shape index (κ2) is 6.19. The maximum Gasteiger partial charge on any atom is -0.0383 e. The topological polar surface area (TPSA) is 0 Å². The lowest BCUT2D eigenvalue weighted by Crippen LogP contribution is -2.35. The molecule has 0 nitrogen and oxygen atoms in total. The summed E-state index contributed by atoms with van der Waals surface area (Å²) < 4.78 is 0. The Bertz CT molecular complexity index is 254. The number of hydrogen-bond donors (Lipinski definition) is 0. The highest BCUT2D eigenvalue weighted by Gasteiger charge is 2.37. The van der Waals surface area contributed by atoms with Crippen LogP contribution in [0.2, 0.25) is 0 Å². The van der Waals surface area contributed by atoms with Crippen LogP contribution < -0.4 is 0 Å². The maximum atomic E-state index is 2.53. The van der Waals surface area contributed by atoms with Crippen molar-refractivity contribution < 1.29 is 0 Å². The molecule has 19 heavy (non-hydrogen) atoms. The van der Waals surface area contributed by atoms with E-state index < -0.39 is 0 Å². The van der Waals surface area contributed by atoms with Gasteiger partial charge >= 0.3 is 0 Å². The molecule has 0 bridgehead atoms. The number of hydrogen-bond acceptors (Lipinski definition) is 0. The summed E-state index contributed by atoms with van der Waals surface area (Å²) in [4.78, 5) is 0. The highest BCUT2D eigenvalue weighted by Crippen LogP contribution is 2.46. The summed E-state index contributed by atoms with van der Waals surface area (Å²) in [6, 6.07) is 0. The molecule has 0 heteroatoms. The van der Waals surface area contributed by atoms with Crippen LogP contribution in [0.15, 0.2) is 0 Å². The largest absolute Gasteiger partial charge is 0.0622 e. The SMILES string of the molecule is CC1CCC(CC2CCC(C)C(C)C2C)C(C)C1C. The van der Waals surface area contributed by atoms with Gasteiger partial charge in [-0.05, 0) is 66.6 Å². The van der Waals surface area contributed by atoms with Gasteiger partial charge in [0.05, 0.1) is 0 Å². The molecule has 0 aliphatic heterocycles. The zero-order valence-corrected chi connectivity index (χ0v) is 14.2. The third-order valence-corrected chi connectivity index (χ3v) is 7.53. The molecule has 2 saturated carbocycles. The lowest BCUT2D eigenvalue weighted by Gasteiger charge is -2.44. The van der Waals surface area contributed by atoms with Crippen molar-refractivity contribution in [2.24, 2.45) is 47.3 Å². The summed E-state index contributed by atoms with van der Waals surface area (Å²) >= 11 is 0. The second-order valence-corrected chi connectivity index (χ2v) is 8.30.